The molecule has 0 saturated carbocycles. The minimum atomic E-state index is -4.79. The Labute approximate surface area is 128 Å². The average Bonchev–Trinajstić information content (AvgIpc) is 2.78. The standard InChI is InChI=1S/C10H6BrF3N4O2S/c11-5-3-4(1-2-6(5)20-10(12,13)14)16-7(19)8-17-18-9(15)21-8/h1-3H,(H2,15,18)(H,16,19). The molecule has 21 heavy (non-hydrogen) atoms. The van der Waals surface area contributed by atoms with Crippen LogP contribution in [-0.2, 0) is 0 Å². The normalized spacial score (nSPS) is 11.2. The summed E-state index contributed by atoms with van der Waals surface area (Å²) in [6.07, 6.45) is -4.79. The van der Waals surface area contributed by atoms with E-state index in [1.807, 2.05) is 0 Å². The van der Waals surface area contributed by atoms with Crippen LogP contribution in [-0.4, -0.2) is 22.5 Å². The summed E-state index contributed by atoms with van der Waals surface area (Å²) in [5, 5.41) is 9.65. The Hall–Kier alpha value is -1.88. The number of benzene rings is 1. The second-order valence-electron chi connectivity index (χ2n) is 3.59. The third kappa shape index (κ3) is 4.29. The van der Waals surface area contributed by atoms with E-state index in [-0.39, 0.29) is 20.3 Å². The summed E-state index contributed by atoms with van der Waals surface area (Å²) in [5.41, 5.74) is 5.61. The summed E-state index contributed by atoms with van der Waals surface area (Å²) < 4.78 is 40.2. The maximum absolute atomic E-state index is 12.1. The summed E-state index contributed by atoms with van der Waals surface area (Å²) in [5.74, 6) is -0.985. The van der Waals surface area contributed by atoms with Crippen molar-refractivity contribution in [1.29, 1.82) is 0 Å². The summed E-state index contributed by atoms with van der Waals surface area (Å²) in [6.45, 7) is 0. The number of ether oxygens (including phenoxy) is 1. The van der Waals surface area contributed by atoms with Crippen LogP contribution in [0.2, 0.25) is 0 Å². The Bertz CT molecular complexity index is 677. The number of amides is 1. The molecule has 2 rings (SSSR count). The van der Waals surface area contributed by atoms with E-state index < -0.39 is 18.0 Å². The van der Waals surface area contributed by atoms with Crippen molar-refractivity contribution in [2.24, 2.45) is 0 Å². The largest absolute Gasteiger partial charge is 0.573 e. The van der Waals surface area contributed by atoms with E-state index in [1.54, 1.807) is 0 Å². The summed E-state index contributed by atoms with van der Waals surface area (Å²) >= 11 is 3.82. The molecule has 11 heteroatoms. The predicted octanol–water partition coefficient (Wildman–Crippen LogP) is 3.03. The van der Waals surface area contributed by atoms with Gasteiger partial charge in [-0.05, 0) is 34.1 Å². The minimum Gasteiger partial charge on any atom is -0.405 e. The molecule has 3 N–H and O–H groups in total. The first-order valence-corrected chi connectivity index (χ1v) is 6.81. The molecule has 112 valence electrons. The van der Waals surface area contributed by atoms with E-state index in [0.717, 1.165) is 17.4 Å². The van der Waals surface area contributed by atoms with Gasteiger partial charge in [0.1, 0.15) is 5.75 Å². The molecule has 1 amide bonds. The van der Waals surface area contributed by atoms with Gasteiger partial charge < -0.3 is 15.8 Å². The van der Waals surface area contributed by atoms with Crippen molar-refractivity contribution < 1.29 is 22.7 Å². The Morgan fingerprint density at radius 3 is 2.62 bits per heavy atom. The summed E-state index contributed by atoms with van der Waals surface area (Å²) in [6, 6.07) is 3.60. The highest BCUT2D eigenvalue weighted by molar-refractivity contribution is 9.10. The highest BCUT2D eigenvalue weighted by Crippen LogP contribution is 2.32. The summed E-state index contributed by atoms with van der Waals surface area (Å²) in [7, 11) is 0. The number of nitrogens with one attached hydrogen (secondary N) is 1. The van der Waals surface area contributed by atoms with Crippen LogP contribution in [0, 0.1) is 0 Å². The van der Waals surface area contributed by atoms with E-state index in [4.69, 9.17) is 5.73 Å². The Kier molecular flexibility index (Phi) is 4.32. The van der Waals surface area contributed by atoms with Crippen LogP contribution in [0.4, 0.5) is 24.0 Å². The van der Waals surface area contributed by atoms with Crippen molar-refractivity contribution in [1.82, 2.24) is 10.2 Å². The predicted molar refractivity (Wildman–Crippen MR) is 73.1 cm³/mol. The first kappa shape index (κ1) is 15.5. The fourth-order valence-corrected chi connectivity index (χ4v) is 2.26. The number of hydrogen-bond acceptors (Lipinski definition) is 6. The SMILES string of the molecule is Nc1nnc(C(=O)Nc2ccc(OC(F)(F)F)c(Br)c2)s1. The van der Waals surface area contributed by atoms with Gasteiger partial charge in [0.05, 0.1) is 4.47 Å². The number of anilines is 2. The molecule has 1 heterocycles. The fraction of sp³-hybridized carbons (Fsp3) is 0.100. The third-order valence-electron chi connectivity index (χ3n) is 2.05. The number of carbonyl (C=O) groups is 1. The molecule has 0 saturated heterocycles. The van der Waals surface area contributed by atoms with Crippen LogP contribution in [0.25, 0.3) is 0 Å². The van der Waals surface area contributed by atoms with Crippen LogP contribution < -0.4 is 15.8 Å². The molecule has 0 aliphatic rings. The van der Waals surface area contributed by atoms with E-state index in [1.165, 1.54) is 12.1 Å². The Morgan fingerprint density at radius 2 is 2.10 bits per heavy atom. The van der Waals surface area contributed by atoms with Gasteiger partial charge in [-0.3, -0.25) is 4.79 Å². The molecule has 1 aromatic heterocycles. The Balaban J connectivity index is 2.11. The first-order valence-electron chi connectivity index (χ1n) is 5.20. The molecule has 0 radical (unpaired) electrons. The lowest BCUT2D eigenvalue weighted by Gasteiger charge is -2.11. The summed E-state index contributed by atoms with van der Waals surface area (Å²) in [4.78, 5) is 11.8. The quantitative estimate of drug-likeness (QED) is 0.851. The number of rotatable bonds is 3. The van der Waals surface area contributed by atoms with Crippen LogP contribution in [0.15, 0.2) is 22.7 Å². The van der Waals surface area contributed by atoms with Crippen molar-refractivity contribution in [3.63, 3.8) is 0 Å². The van der Waals surface area contributed by atoms with E-state index in [9.17, 15) is 18.0 Å². The molecule has 0 aliphatic carbocycles. The number of nitrogen functional groups attached to an aromatic ring is 1. The zero-order valence-corrected chi connectivity index (χ0v) is 12.3. The van der Waals surface area contributed by atoms with Gasteiger partial charge in [-0.25, -0.2) is 0 Å². The topological polar surface area (TPSA) is 90.1 Å². The van der Waals surface area contributed by atoms with E-state index in [0.29, 0.717) is 0 Å². The van der Waals surface area contributed by atoms with Crippen LogP contribution in [0.3, 0.4) is 0 Å². The van der Waals surface area contributed by atoms with E-state index in [2.05, 4.69) is 36.2 Å². The third-order valence-corrected chi connectivity index (χ3v) is 3.42. The van der Waals surface area contributed by atoms with Crippen molar-refractivity contribution in [3.05, 3.63) is 27.7 Å². The van der Waals surface area contributed by atoms with Crippen molar-refractivity contribution in [3.8, 4) is 5.75 Å². The lowest BCUT2D eigenvalue weighted by Crippen LogP contribution is -2.17. The highest BCUT2D eigenvalue weighted by Gasteiger charge is 2.32. The monoisotopic (exact) mass is 382 g/mol. The van der Waals surface area contributed by atoms with Gasteiger partial charge in [0.25, 0.3) is 5.91 Å². The van der Waals surface area contributed by atoms with Crippen molar-refractivity contribution in [2.45, 2.75) is 6.36 Å². The molecule has 1 aromatic carbocycles. The molecular weight excluding hydrogens is 377 g/mol. The highest BCUT2D eigenvalue weighted by atomic mass is 79.9. The van der Waals surface area contributed by atoms with Gasteiger partial charge in [0, 0.05) is 5.69 Å². The molecule has 0 atom stereocenters. The molecule has 6 nitrogen and oxygen atoms in total. The molecule has 0 spiro atoms. The Morgan fingerprint density at radius 1 is 1.38 bits per heavy atom. The van der Waals surface area contributed by atoms with Gasteiger partial charge in [0.2, 0.25) is 10.1 Å². The number of hydrogen-bond donors (Lipinski definition) is 2. The zero-order valence-electron chi connectivity index (χ0n) is 9.94. The molecule has 0 unspecified atom stereocenters. The molecule has 2 aromatic rings. The first-order chi connectivity index (χ1) is 9.74. The van der Waals surface area contributed by atoms with Gasteiger partial charge in [-0.15, -0.1) is 23.4 Å². The second-order valence-corrected chi connectivity index (χ2v) is 5.46. The number of aromatic nitrogens is 2. The number of nitrogens with zero attached hydrogens (tertiary/aromatic N) is 2. The number of carbonyl (C=O) groups excluding carboxylic acids is 1. The van der Waals surface area contributed by atoms with Crippen LogP contribution >= 0.6 is 27.3 Å². The zero-order chi connectivity index (χ0) is 15.6. The number of nitrogens with two attached hydrogens (primary N) is 1. The van der Waals surface area contributed by atoms with Gasteiger partial charge in [0.15, 0.2) is 0 Å². The van der Waals surface area contributed by atoms with Crippen LogP contribution in [0.5, 0.6) is 5.75 Å². The fourth-order valence-electron chi connectivity index (χ4n) is 1.30. The molecular formula is C10H6BrF3N4O2S. The lowest BCUT2D eigenvalue weighted by molar-refractivity contribution is -0.274. The second kappa shape index (κ2) is 5.85. The van der Waals surface area contributed by atoms with Crippen LogP contribution in [0.1, 0.15) is 9.80 Å². The van der Waals surface area contributed by atoms with Gasteiger partial charge >= 0.3 is 6.36 Å². The van der Waals surface area contributed by atoms with E-state index >= 15 is 0 Å². The van der Waals surface area contributed by atoms with Gasteiger partial charge in [-0.2, -0.15) is 0 Å². The smallest absolute Gasteiger partial charge is 0.405 e. The number of halogens is 4. The molecule has 0 fully saturated rings. The maximum Gasteiger partial charge on any atom is 0.573 e. The van der Waals surface area contributed by atoms with Crippen molar-refractivity contribution >= 4 is 44.0 Å². The van der Waals surface area contributed by atoms with Gasteiger partial charge in [-0.1, -0.05) is 11.3 Å². The lowest BCUT2D eigenvalue weighted by atomic mass is 10.3. The average molecular weight is 383 g/mol. The maximum atomic E-state index is 12.1. The molecule has 0 bridgehead atoms. The minimum absolute atomic E-state index is 0.0365. The molecule has 0 aliphatic heterocycles. The van der Waals surface area contributed by atoms with Crippen molar-refractivity contribution in [2.75, 3.05) is 11.1 Å². The number of alkyl halides is 3.